The van der Waals surface area contributed by atoms with E-state index in [0.29, 0.717) is 28.1 Å². The highest BCUT2D eigenvalue weighted by Crippen LogP contribution is 2.17. The summed E-state index contributed by atoms with van der Waals surface area (Å²) in [6, 6.07) is 10.6. The minimum absolute atomic E-state index is 0.152. The van der Waals surface area contributed by atoms with Crippen LogP contribution in [0.25, 0.3) is 12.0 Å². The Morgan fingerprint density at radius 3 is 2.65 bits per heavy atom. The van der Waals surface area contributed by atoms with Crippen molar-refractivity contribution in [2.24, 2.45) is 0 Å². The maximum absolute atomic E-state index is 10.7. The molecule has 3 rings (SSSR count). The van der Waals surface area contributed by atoms with Crippen molar-refractivity contribution in [1.82, 2.24) is 0 Å². The maximum Gasteiger partial charge on any atom is 0.511 e. The normalized spacial score (nSPS) is 13.5. The largest absolute Gasteiger partial charge is 0.511 e. The lowest BCUT2D eigenvalue weighted by atomic mass is 10.0. The summed E-state index contributed by atoms with van der Waals surface area (Å²) in [5.41, 5.74) is 1.53. The number of aryl methyl sites for hydroxylation is 1. The van der Waals surface area contributed by atoms with E-state index in [0.717, 1.165) is 10.8 Å². The Balaban J connectivity index is 2.00. The van der Waals surface area contributed by atoms with Gasteiger partial charge in [0, 0.05) is 21.7 Å². The van der Waals surface area contributed by atoms with Crippen molar-refractivity contribution >= 4 is 35.5 Å². The molecule has 0 amide bonds. The zero-order chi connectivity index (χ0) is 18.7. The van der Waals surface area contributed by atoms with Crippen LogP contribution in [0, 0.1) is 0 Å². The predicted octanol–water partition coefficient (Wildman–Crippen LogP) is 3.35. The summed E-state index contributed by atoms with van der Waals surface area (Å²) in [6.07, 6.45) is 2.11. The van der Waals surface area contributed by atoms with Crippen molar-refractivity contribution in [3.8, 4) is 5.75 Å². The van der Waals surface area contributed by atoms with Gasteiger partial charge in [-0.1, -0.05) is 18.5 Å². The number of carboxylic acid groups (broad SMARTS) is 1. The van der Waals surface area contributed by atoms with E-state index in [2.05, 4.69) is 10.1 Å². The SMILES string of the molecule is CCc1cc2c(cc1=COc1ccc(Cl)cc1)NC=C(OC(=O)O)C=2O. The van der Waals surface area contributed by atoms with E-state index in [4.69, 9.17) is 21.4 Å². The fraction of sp³-hybridized carbons (Fsp3) is 0.105. The first kappa shape index (κ1) is 17.7. The molecule has 0 unspecified atom stereocenters. The lowest BCUT2D eigenvalue weighted by Gasteiger charge is -2.15. The van der Waals surface area contributed by atoms with Gasteiger partial charge in [0.05, 0.1) is 11.9 Å². The summed E-state index contributed by atoms with van der Waals surface area (Å²) < 4.78 is 10.2. The first-order valence-corrected chi connectivity index (χ1v) is 8.22. The molecule has 1 heterocycles. The average Bonchev–Trinajstić information content (AvgIpc) is 2.63. The second-order valence-corrected chi connectivity index (χ2v) is 5.95. The number of fused-ring (bicyclic) bond motifs is 1. The molecule has 1 aliphatic rings. The Morgan fingerprint density at radius 1 is 1.27 bits per heavy atom. The third kappa shape index (κ3) is 3.75. The lowest BCUT2D eigenvalue weighted by Crippen LogP contribution is -2.25. The first-order chi connectivity index (χ1) is 12.5. The van der Waals surface area contributed by atoms with E-state index >= 15 is 0 Å². The molecule has 1 aliphatic heterocycles. The van der Waals surface area contributed by atoms with Crippen LogP contribution in [-0.4, -0.2) is 16.4 Å². The van der Waals surface area contributed by atoms with Gasteiger partial charge in [0.1, 0.15) is 5.75 Å². The van der Waals surface area contributed by atoms with Crippen LogP contribution < -0.4 is 20.5 Å². The van der Waals surface area contributed by atoms with Crippen LogP contribution in [0.3, 0.4) is 0 Å². The van der Waals surface area contributed by atoms with E-state index in [1.807, 2.05) is 13.0 Å². The summed E-state index contributed by atoms with van der Waals surface area (Å²) >= 11 is 5.86. The van der Waals surface area contributed by atoms with Gasteiger partial charge in [-0.2, -0.15) is 0 Å². The van der Waals surface area contributed by atoms with Gasteiger partial charge >= 0.3 is 6.16 Å². The van der Waals surface area contributed by atoms with E-state index in [1.165, 1.54) is 6.20 Å². The van der Waals surface area contributed by atoms with E-state index in [-0.39, 0.29) is 11.5 Å². The minimum Gasteiger partial charge on any atom is -0.504 e. The number of anilines is 1. The molecule has 6 nitrogen and oxygen atoms in total. The van der Waals surface area contributed by atoms with Crippen molar-refractivity contribution < 1.29 is 24.5 Å². The van der Waals surface area contributed by atoms with Gasteiger partial charge in [0.2, 0.25) is 0 Å². The summed E-state index contributed by atoms with van der Waals surface area (Å²) in [5.74, 6) is 0.260. The monoisotopic (exact) mass is 373 g/mol. The maximum atomic E-state index is 10.7. The average molecular weight is 374 g/mol. The second-order valence-electron chi connectivity index (χ2n) is 5.51. The van der Waals surface area contributed by atoms with Gasteiger partial charge in [-0.05, 0) is 48.4 Å². The Hall–Kier alpha value is -3.12. The van der Waals surface area contributed by atoms with Crippen LogP contribution in [0.2, 0.25) is 5.02 Å². The zero-order valence-electron chi connectivity index (χ0n) is 13.8. The van der Waals surface area contributed by atoms with E-state index < -0.39 is 6.16 Å². The number of aliphatic hydroxyl groups is 1. The van der Waals surface area contributed by atoms with Crippen molar-refractivity contribution in [2.45, 2.75) is 13.3 Å². The molecule has 7 heteroatoms. The number of aliphatic hydroxyl groups excluding tert-OH is 1. The molecule has 0 bridgehead atoms. The topological polar surface area (TPSA) is 88.0 Å². The smallest absolute Gasteiger partial charge is 0.504 e. The van der Waals surface area contributed by atoms with Gasteiger partial charge in [-0.3, -0.25) is 0 Å². The molecule has 2 aromatic rings. The van der Waals surface area contributed by atoms with Crippen LogP contribution in [0.4, 0.5) is 10.5 Å². The molecule has 0 radical (unpaired) electrons. The zero-order valence-corrected chi connectivity index (χ0v) is 14.6. The third-order valence-electron chi connectivity index (χ3n) is 3.84. The Morgan fingerprint density at radius 2 is 2.00 bits per heavy atom. The van der Waals surface area contributed by atoms with Crippen molar-refractivity contribution in [1.29, 1.82) is 0 Å². The van der Waals surface area contributed by atoms with Crippen molar-refractivity contribution in [2.75, 3.05) is 5.32 Å². The van der Waals surface area contributed by atoms with Crippen molar-refractivity contribution in [3.63, 3.8) is 0 Å². The quantitative estimate of drug-likeness (QED) is 0.712. The van der Waals surface area contributed by atoms with Gasteiger partial charge in [0.25, 0.3) is 0 Å². The molecular formula is C19H16ClNO5. The summed E-state index contributed by atoms with van der Waals surface area (Å²) in [5, 5.41) is 23.8. The molecule has 0 atom stereocenters. The van der Waals surface area contributed by atoms with E-state index in [9.17, 15) is 9.90 Å². The van der Waals surface area contributed by atoms with Crippen LogP contribution >= 0.6 is 11.6 Å². The summed E-state index contributed by atoms with van der Waals surface area (Å²) in [6.45, 7) is 1.97. The molecule has 2 aromatic carbocycles. The number of benzene rings is 2. The molecule has 0 saturated heterocycles. The van der Waals surface area contributed by atoms with Gasteiger partial charge in [-0.25, -0.2) is 4.79 Å². The highest BCUT2D eigenvalue weighted by Gasteiger charge is 2.17. The lowest BCUT2D eigenvalue weighted by molar-refractivity contribution is 0.119. The molecule has 3 N–H and O–H groups in total. The number of hydrogen-bond donors (Lipinski definition) is 3. The molecule has 0 spiro atoms. The number of rotatable bonds is 4. The number of hydrogen-bond acceptors (Lipinski definition) is 5. The molecule has 0 aromatic heterocycles. The Bertz CT molecular complexity index is 996. The van der Waals surface area contributed by atoms with Crippen molar-refractivity contribution in [3.05, 3.63) is 69.4 Å². The standard InChI is InChI=1S/C19H16ClNO5/c1-2-11-7-15-16(21-9-17(18(15)22)26-19(23)24)8-12(11)10-25-14-5-3-13(20)4-6-14/h3-10,21-22H,2H2,1H3,(H,23,24). The summed E-state index contributed by atoms with van der Waals surface area (Å²) in [7, 11) is 0. The number of nitrogens with one attached hydrogen (secondary N) is 1. The predicted molar refractivity (Wildman–Crippen MR) is 98.5 cm³/mol. The highest BCUT2D eigenvalue weighted by molar-refractivity contribution is 6.30. The first-order valence-electron chi connectivity index (χ1n) is 7.84. The number of ether oxygens (including phenoxy) is 2. The van der Waals surface area contributed by atoms with Gasteiger partial charge in [-0.15, -0.1) is 0 Å². The highest BCUT2D eigenvalue weighted by atomic mass is 35.5. The van der Waals surface area contributed by atoms with Gasteiger partial charge in [0.15, 0.2) is 11.5 Å². The molecule has 0 saturated carbocycles. The van der Waals surface area contributed by atoms with Crippen LogP contribution in [-0.2, 0) is 11.2 Å². The van der Waals surface area contributed by atoms with Crippen LogP contribution in [0.5, 0.6) is 5.75 Å². The molecule has 0 aliphatic carbocycles. The minimum atomic E-state index is -1.50. The summed E-state index contributed by atoms with van der Waals surface area (Å²) in [4.78, 5) is 10.7. The van der Waals surface area contributed by atoms with Gasteiger partial charge < -0.3 is 25.0 Å². The number of halogens is 1. The third-order valence-corrected chi connectivity index (χ3v) is 4.09. The molecule has 134 valence electrons. The molecule has 26 heavy (non-hydrogen) atoms. The van der Waals surface area contributed by atoms with Crippen LogP contribution in [0.15, 0.2) is 48.4 Å². The number of carbonyl (C=O) groups is 1. The fourth-order valence-corrected chi connectivity index (χ4v) is 2.68. The molecular weight excluding hydrogens is 358 g/mol. The Labute approximate surface area is 154 Å². The van der Waals surface area contributed by atoms with Crippen LogP contribution in [0.1, 0.15) is 12.5 Å². The Kier molecular flexibility index (Phi) is 5.04. The molecule has 0 fully saturated rings. The second kappa shape index (κ2) is 7.41. The van der Waals surface area contributed by atoms with E-state index in [1.54, 1.807) is 36.6 Å². The fourth-order valence-electron chi connectivity index (χ4n) is 2.55.